The van der Waals surface area contributed by atoms with Crippen molar-refractivity contribution in [3.05, 3.63) is 106 Å². The van der Waals surface area contributed by atoms with E-state index in [1.165, 1.54) is 5.56 Å². The number of aromatic amines is 1. The number of amides is 2. The van der Waals surface area contributed by atoms with Crippen LogP contribution in [0.15, 0.2) is 89.8 Å². The van der Waals surface area contributed by atoms with Crippen molar-refractivity contribution in [2.75, 3.05) is 5.32 Å². The van der Waals surface area contributed by atoms with Gasteiger partial charge in [0, 0.05) is 22.7 Å². The SMILES string of the molecule is CC(C(=O)Nc1ccc2c(/C=C(\C(N)=O)c3ccccc3)c[nH]c2n1)c1ccc(-c2ccsc2)cc1. The van der Waals surface area contributed by atoms with E-state index in [4.69, 9.17) is 5.73 Å². The number of anilines is 1. The van der Waals surface area contributed by atoms with E-state index in [9.17, 15) is 9.59 Å². The second kappa shape index (κ2) is 10.0. The van der Waals surface area contributed by atoms with Crippen LogP contribution in [0.5, 0.6) is 0 Å². The molecule has 0 aliphatic carbocycles. The molecule has 7 heteroatoms. The number of fused-ring (bicyclic) bond motifs is 1. The molecule has 0 radical (unpaired) electrons. The summed E-state index contributed by atoms with van der Waals surface area (Å²) in [6.45, 7) is 1.87. The summed E-state index contributed by atoms with van der Waals surface area (Å²) in [6.07, 6.45) is 3.52. The third-order valence-electron chi connectivity index (χ3n) is 6.13. The first kappa shape index (κ1) is 23.3. The zero-order chi connectivity index (χ0) is 25.1. The fourth-order valence-electron chi connectivity index (χ4n) is 4.06. The van der Waals surface area contributed by atoms with Crippen LogP contribution in [0.4, 0.5) is 5.82 Å². The van der Waals surface area contributed by atoms with Gasteiger partial charge < -0.3 is 16.0 Å². The van der Waals surface area contributed by atoms with Gasteiger partial charge in [0.25, 0.3) is 0 Å². The van der Waals surface area contributed by atoms with Crippen LogP contribution < -0.4 is 11.1 Å². The van der Waals surface area contributed by atoms with Gasteiger partial charge in [-0.3, -0.25) is 9.59 Å². The molecule has 2 amide bonds. The van der Waals surface area contributed by atoms with Gasteiger partial charge in [-0.15, -0.1) is 0 Å². The standard InChI is InChI=1S/C29H24N4O2S/c1-18(19-7-9-20(10-8-19)22-13-14-36-17-22)29(35)33-26-12-11-24-23(16-31-28(24)32-26)15-25(27(30)34)21-5-3-2-4-6-21/h2-18H,1H3,(H2,30,34)(H2,31,32,33,35)/b25-15-. The molecule has 3 aromatic heterocycles. The van der Waals surface area contributed by atoms with Crippen LogP contribution in [0.3, 0.4) is 0 Å². The Bertz CT molecular complexity index is 1550. The molecule has 1 unspecified atom stereocenters. The van der Waals surface area contributed by atoms with Crippen molar-refractivity contribution < 1.29 is 9.59 Å². The number of hydrogen-bond acceptors (Lipinski definition) is 4. The van der Waals surface area contributed by atoms with Gasteiger partial charge in [-0.05, 0) is 64.2 Å². The van der Waals surface area contributed by atoms with Gasteiger partial charge in [-0.25, -0.2) is 4.98 Å². The largest absolute Gasteiger partial charge is 0.366 e. The molecule has 4 N–H and O–H groups in total. The molecule has 0 bridgehead atoms. The Morgan fingerprint density at radius 3 is 2.47 bits per heavy atom. The molecule has 1 atom stereocenters. The second-order valence-corrected chi connectivity index (χ2v) is 9.25. The van der Waals surface area contributed by atoms with E-state index in [0.29, 0.717) is 17.0 Å². The van der Waals surface area contributed by atoms with Crippen LogP contribution in [-0.2, 0) is 9.59 Å². The summed E-state index contributed by atoms with van der Waals surface area (Å²) in [4.78, 5) is 32.7. The van der Waals surface area contributed by atoms with E-state index in [2.05, 4.69) is 26.7 Å². The number of thiophene rings is 1. The predicted octanol–water partition coefficient (Wildman–Crippen LogP) is 6.06. The number of carbonyl (C=O) groups excluding carboxylic acids is 2. The highest BCUT2D eigenvalue weighted by atomic mass is 32.1. The number of carbonyl (C=O) groups is 2. The first-order valence-electron chi connectivity index (χ1n) is 11.5. The minimum absolute atomic E-state index is 0.142. The molecule has 0 spiro atoms. The van der Waals surface area contributed by atoms with E-state index < -0.39 is 5.91 Å². The van der Waals surface area contributed by atoms with E-state index in [1.54, 1.807) is 29.7 Å². The number of nitrogens with two attached hydrogens (primary N) is 1. The molecule has 36 heavy (non-hydrogen) atoms. The zero-order valence-electron chi connectivity index (χ0n) is 19.6. The topological polar surface area (TPSA) is 101 Å². The molecule has 0 aliphatic heterocycles. The highest BCUT2D eigenvalue weighted by Gasteiger charge is 2.17. The Morgan fingerprint density at radius 1 is 1.00 bits per heavy atom. The van der Waals surface area contributed by atoms with E-state index in [-0.39, 0.29) is 11.8 Å². The number of aromatic nitrogens is 2. The van der Waals surface area contributed by atoms with Gasteiger partial charge in [0.1, 0.15) is 11.5 Å². The minimum Gasteiger partial charge on any atom is -0.366 e. The lowest BCUT2D eigenvalue weighted by molar-refractivity contribution is -0.117. The monoisotopic (exact) mass is 492 g/mol. The van der Waals surface area contributed by atoms with E-state index in [0.717, 1.165) is 27.6 Å². The molecule has 5 rings (SSSR count). The summed E-state index contributed by atoms with van der Waals surface area (Å²) < 4.78 is 0. The molecule has 0 fully saturated rings. The summed E-state index contributed by atoms with van der Waals surface area (Å²) >= 11 is 1.66. The van der Waals surface area contributed by atoms with Crippen molar-refractivity contribution in [2.45, 2.75) is 12.8 Å². The molecule has 6 nitrogen and oxygen atoms in total. The third kappa shape index (κ3) is 4.82. The minimum atomic E-state index is -0.510. The predicted molar refractivity (Wildman–Crippen MR) is 146 cm³/mol. The zero-order valence-corrected chi connectivity index (χ0v) is 20.4. The molecular formula is C29H24N4O2S. The molecule has 5 aromatic rings. The number of nitrogens with one attached hydrogen (secondary N) is 2. The van der Waals surface area contributed by atoms with Crippen LogP contribution in [0, 0.1) is 0 Å². The van der Waals surface area contributed by atoms with Crippen molar-refractivity contribution in [1.29, 1.82) is 0 Å². The molecule has 178 valence electrons. The summed E-state index contributed by atoms with van der Waals surface area (Å²) in [7, 11) is 0. The number of H-pyrrole nitrogens is 1. The Hall–Kier alpha value is -4.49. The molecule has 3 heterocycles. The summed E-state index contributed by atoms with van der Waals surface area (Å²) in [5.41, 5.74) is 11.4. The van der Waals surface area contributed by atoms with Crippen LogP contribution >= 0.6 is 11.3 Å². The molecule has 0 aliphatic rings. The van der Waals surface area contributed by atoms with Gasteiger partial charge in [-0.2, -0.15) is 11.3 Å². The Labute approximate surface area is 212 Å². The summed E-state index contributed by atoms with van der Waals surface area (Å²) in [5.74, 6) is -0.545. The number of nitrogens with zero attached hydrogens (tertiary/aromatic N) is 1. The fourth-order valence-corrected chi connectivity index (χ4v) is 4.73. The summed E-state index contributed by atoms with van der Waals surface area (Å²) in [6, 6.07) is 23.0. The maximum Gasteiger partial charge on any atom is 0.249 e. The van der Waals surface area contributed by atoms with Crippen LogP contribution in [0.1, 0.15) is 29.5 Å². The van der Waals surface area contributed by atoms with Gasteiger partial charge in [0.05, 0.1) is 5.92 Å². The van der Waals surface area contributed by atoms with Crippen molar-refractivity contribution in [2.24, 2.45) is 5.73 Å². The molecule has 0 saturated heterocycles. The smallest absolute Gasteiger partial charge is 0.249 e. The lowest BCUT2D eigenvalue weighted by atomic mass is 9.97. The van der Waals surface area contributed by atoms with Crippen molar-refractivity contribution in [1.82, 2.24) is 9.97 Å². The average Bonchev–Trinajstić information content (AvgIpc) is 3.57. The van der Waals surface area contributed by atoms with Crippen LogP contribution in [0.25, 0.3) is 33.8 Å². The lowest BCUT2D eigenvalue weighted by Gasteiger charge is -2.13. The van der Waals surface area contributed by atoms with E-state index >= 15 is 0 Å². The summed E-state index contributed by atoms with van der Waals surface area (Å²) in [5, 5.41) is 7.88. The molecule has 2 aromatic carbocycles. The quantitative estimate of drug-likeness (QED) is 0.241. The average molecular weight is 493 g/mol. The first-order valence-corrected chi connectivity index (χ1v) is 12.4. The fraction of sp³-hybridized carbons (Fsp3) is 0.0690. The van der Waals surface area contributed by atoms with E-state index in [1.807, 2.05) is 73.0 Å². The maximum absolute atomic E-state index is 12.9. The van der Waals surface area contributed by atoms with Crippen LogP contribution in [0.2, 0.25) is 0 Å². The first-order chi connectivity index (χ1) is 17.5. The Morgan fingerprint density at radius 2 is 1.78 bits per heavy atom. The number of benzene rings is 2. The highest BCUT2D eigenvalue weighted by molar-refractivity contribution is 7.08. The Balaban J connectivity index is 1.34. The van der Waals surface area contributed by atoms with Gasteiger partial charge in [-0.1, -0.05) is 54.6 Å². The second-order valence-electron chi connectivity index (χ2n) is 8.47. The van der Waals surface area contributed by atoms with Crippen molar-refractivity contribution in [3.8, 4) is 11.1 Å². The number of rotatable bonds is 7. The lowest BCUT2D eigenvalue weighted by Crippen LogP contribution is -2.19. The Kier molecular flexibility index (Phi) is 6.47. The third-order valence-corrected chi connectivity index (χ3v) is 6.81. The normalized spacial score (nSPS) is 12.4. The van der Waals surface area contributed by atoms with Crippen molar-refractivity contribution >= 4 is 51.7 Å². The highest BCUT2D eigenvalue weighted by Crippen LogP contribution is 2.27. The molecular weight excluding hydrogens is 468 g/mol. The number of primary amides is 1. The van der Waals surface area contributed by atoms with Gasteiger partial charge in [0.15, 0.2) is 0 Å². The maximum atomic E-state index is 12.9. The van der Waals surface area contributed by atoms with Gasteiger partial charge in [0.2, 0.25) is 11.8 Å². The van der Waals surface area contributed by atoms with Crippen LogP contribution in [-0.4, -0.2) is 21.8 Å². The number of pyridine rings is 1. The number of hydrogen-bond donors (Lipinski definition) is 3. The van der Waals surface area contributed by atoms with Gasteiger partial charge >= 0.3 is 0 Å². The molecule has 0 saturated carbocycles. The van der Waals surface area contributed by atoms with Crippen molar-refractivity contribution in [3.63, 3.8) is 0 Å².